The number of hydrogen-bond donors (Lipinski definition) is 0. The second-order valence-electron chi connectivity index (χ2n) is 15.5. The van der Waals surface area contributed by atoms with E-state index in [0.29, 0.717) is 22.8 Å². The number of rotatable bonds is 5. The van der Waals surface area contributed by atoms with Gasteiger partial charge in [-0.3, -0.25) is 0 Å². The average molecular weight is 912 g/mol. The zero-order valence-electron chi connectivity index (χ0n) is 31.9. The Hall–Kier alpha value is -5.91. The Labute approximate surface area is 340 Å². The van der Waals surface area contributed by atoms with Crippen LogP contribution in [0.15, 0.2) is 120 Å². The van der Waals surface area contributed by atoms with E-state index >= 15 is 0 Å². The monoisotopic (exact) mass is 911 g/mol. The molecule has 280 valence electrons. The summed E-state index contributed by atoms with van der Waals surface area (Å²) in [5.74, 6) is 2.72. The van der Waals surface area contributed by atoms with Crippen molar-refractivity contribution < 1.29 is 30.2 Å². The molecule has 0 unspecified atom stereocenters. The van der Waals surface area contributed by atoms with Crippen LogP contribution in [-0.4, -0.2) is 14.5 Å². The fourth-order valence-electron chi connectivity index (χ4n) is 8.14. The maximum Gasteiger partial charge on any atom is 0.135 e. The van der Waals surface area contributed by atoms with Crippen molar-refractivity contribution in [2.75, 3.05) is 9.80 Å². The van der Waals surface area contributed by atoms with E-state index in [9.17, 15) is 0 Å². The number of hydrogen-bond acceptors (Lipinski definition) is 6. The molecule has 7 nitrogen and oxygen atoms in total. The number of aryl methyl sites for hydroxylation is 3. The van der Waals surface area contributed by atoms with Gasteiger partial charge in [-0.2, -0.15) is 6.07 Å². The van der Waals surface area contributed by atoms with Gasteiger partial charge in [0.1, 0.15) is 17.2 Å². The molecule has 0 radical (unpaired) electrons. The zero-order valence-corrected chi connectivity index (χ0v) is 34.2. The van der Waals surface area contributed by atoms with E-state index < -0.39 is 0 Å². The number of para-hydroxylation sites is 2. The van der Waals surface area contributed by atoms with Gasteiger partial charge in [0, 0.05) is 67.1 Å². The SMILES string of the molecule is Cc1cc(C)c(N2[CH-]N(c3[c-]c(Oc4[c-]c5c(cc4)c4ccccc4n5-c4cc(C(C)(C)C)ccn4)cc4c3oc3ccccc34)c3ncccc32)c(C)c1.[Pt]. The fourth-order valence-corrected chi connectivity index (χ4v) is 8.14. The fraction of sp³-hybridized carbons (Fsp3) is 0.146. The van der Waals surface area contributed by atoms with Crippen LogP contribution >= 0.6 is 0 Å². The Morgan fingerprint density at radius 3 is 2.27 bits per heavy atom. The van der Waals surface area contributed by atoms with Crippen molar-refractivity contribution in [3.8, 4) is 17.3 Å². The topological polar surface area (TPSA) is 59.6 Å². The largest absolute Gasteiger partial charge is 0.514 e. The maximum absolute atomic E-state index is 6.77. The van der Waals surface area contributed by atoms with Crippen molar-refractivity contribution in [3.05, 3.63) is 157 Å². The Morgan fingerprint density at radius 2 is 1.46 bits per heavy atom. The van der Waals surface area contributed by atoms with Gasteiger partial charge in [0.05, 0.1) is 5.69 Å². The third-order valence-electron chi connectivity index (χ3n) is 10.6. The Kier molecular flexibility index (Phi) is 8.55. The number of pyridine rings is 2. The molecule has 0 N–H and O–H groups in total. The molecular formula is C48H38N5O2Pt-3. The second-order valence-corrected chi connectivity index (χ2v) is 15.5. The van der Waals surface area contributed by atoms with Crippen LogP contribution in [0.3, 0.4) is 0 Å². The van der Waals surface area contributed by atoms with Crippen molar-refractivity contribution in [2.45, 2.75) is 47.0 Å². The van der Waals surface area contributed by atoms with Crippen molar-refractivity contribution in [3.63, 3.8) is 0 Å². The van der Waals surface area contributed by atoms with Crippen molar-refractivity contribution in [2.24, 2.45) is 0 Å². The Balaban J connectivity index is 0.00000410. The van der Waals surface area contributed by atoms with Gasteiger partial charge < -0.3 is 23.5 Å². The van der Waals surface area contributed by atoms with Gasteiger partial charge in [0.15, 0.2) is 0 Å². The summed E-state index contributed by atoms with van der Waals surface area (Å²) in [6.07, 6.45) is 3.71. The minimum Gasteiger partial charge on any atom is -0.514 e. The third-order valence-corrected chi connectivity index (χ3v) is 10.6. The normalized spacial score (nSPS) is 12.9. The minimum atomic E-state index is -0.0322. The first-order valence-electron chi connectivity index (χ1n) is 18.6. The molecule has 4 aromatic heterocycles. The second kappa shape index (κ2) is 13.4. The number of anilines is 4. The quantitative estimate of drug-likeness (QED) is 0.160. The molecule has 0 bridgehead atoms. The molecule has 8 heteroatoms. The Morgan fingerprint density at radius 1 is 0.696 bits per heavy atom. The first kappa shape index (κ1) is 35.8. The van der Waals surface area contributed by atoms with Gasteiger partial charge in [-0.15, -0.1) is 36.3 Å². The number of aromatic nitrogens is 3. The van der Waals surface area contributed by atoms with Crippen LogP contribution in [0.2, 0.25) is 0 Å². The summed E-state index contributed by atoms with van der Waals surface area (Å²) in [5, 5.41) is 4.11. The first-order valence-corrected chi connectivity index (χ1v) is 18.6. The minimum absolute atomic E-state index is 0. The summed E-state index contributed by atoms with van der Waals surface area (Å²) < 4.78 is 15.5. The van der Waals surface area contributed by atoms with Crippen LogP contribution in [0.1, 0.15) is 43.0 Å². The summed E-state index contributed by atoms with van der Waals surface area (Å²) in [4.78, 5) is 14.0. The molecule has 56 heavy (non-hydrogen) atoms. The number of ether oxygens (including phenoxy) is 1. The number of furan rings is 1. The van der Waals surface area contributed by atoms with Crippen molar-refractivity contribution in [1.82, 2.24) is 14.5 Å². The van der Waals surface area contributed by atoms with E-state index in [1.54, 1.807) is 0 Å². The van der Waals surface area contributed by atoms with Crippen molar-refractivity contribution >= 4 is 66.6 Å². The molecule has 1 aliphatic heterocycles. The van der Waals surface area contributed by atoms with E-state index in [1.165, 1.54) is 22.3 Å². The van der Waals surface area contributed by atoms with E-state index in [-0.39, 0.29) is 26.5 Å². The molecule has 9 aromatic rings. The van der Waals surface area contributed by atoms with E-state index in [2.05, 4.69) is 141 Å². The molecule has 1 aliphatic rings. The molecule has 5 aromatic carbocycles. The van der Waals surface area contributed by atoms with Crippen molar-refractivity contribution in [1.29, 1.82) is 0 Å². The standard InChI is InChI=1S/C48H38N5O2.Pt/c1-29-22-30(2)45(31(3)23-29)51-28-52(47-40(51)15-11-20-50-47)42-27-34(25-38-37-13-8-10-16-43(37)55-46(38)42)54-33-17-18-36-35-12-7-9-14-39(35)53(41(36)26-33)44-24-32(19-21-49-44)48(4,5)6;/h7-25,28H,1-6H3;/q-3;. The molecule has 0 amide bonds. The third kappa shape index (κ3) is 5.76. The summed E-state index contributed by atoms with van der Waals surface area (Å²) >= 11 is 0. The predicted octanol–water partition coefficient (Wildman–Crippen LogP) is 12.5. The molecule has 10 rings (SSSR count). The van der Waals surface area contributed by atoms with Gasteiger partial charge in [0.2, 0.25) is 0 Å². The van der Waals surface area contributed by atoms with E-state index in [4.69, 9.17) is 19.1 Å². The zero-order chi connectivity index (χ0) is 37.6. The molecule has 0 aliphatic carbocycles. The van der Waals surface area contributed by atoms with Gasteiger partial charge >= 0.3 is 0 Å². The van der Waals surface area contributed by atoms with Gasteiger partial charge in [-0.1, -0.05) is 91.5 Å². The van der Waals surface area contributed by atoms with Crippen LogP contribution < -0.4 is 14.5 Å². The molecule has 0 atom stereocenters. The molecule has 0 saturated carbocycles. The molecule has 0 spiro atoms. The summed E-state index contributed by atoms with van der Waals surface area (Å²) in [5.41, 5.74) is 11.0. The molecule has 0 fully saturated rings. The molecule has 5 heterocycles. The number of nitrogens with zero attached hydrogens (tertiary/aromatic N) is 5. The smallest absolute Gasteiger partial charge is 0.135 e. The maximum atomic E-state index is 6.77. The van der Waals surface area contributed by atoms with E-state index in [1.807, 2.05) is 48.8 Å². The van der Waals surface area contributed by atoms with Crippen LogP contribution in [-0.2, 0) is 26.5 Å². The predicted molar refractivity (Wildman–Crippen MR) is 222 cm³/mol. The van der Waals surface area contributed by atoms with Gasteiger partial charge in [-0.25, -0.2) is 9.97 Å². The van der Waals surface area contributed by atoms with Gasteiger partial charge in [0.25, 0.3) is 0 Å². The van der Waals surface area contributed by atoms with Crippen LogP contribution in [0.4, 0.5) is 22.9 Å². The average Bonchev–Trinajstić information content (AvgIpc) is 3.84. The summed E-state index contributed by atoms with van der Waals surface area (Å²) in [7, 11) is 0. The van der Waals surface area contributed by atoms with Crippen LogP contribution in [0.5, 0.6) is 11.5 Å². The van der Waals surface area contributed by atoms with E-state index in [0.717, 1.165) is 61.2 Å². The number of benzene rings is 5. The Bertz CT molecular complexity index is 2970. The molecule has 0 saturated heterocycles. The summed E-state index contributed by atoms with van der Waals surface area (Å²) in [6.45, 7) is 15.2. The summed E-state index contributed by atoms with van der Waals surface area (Å²) in [6, 6.07) is 42.6. The molecular weight excluding hydrogens is 874 g/mol. The van der Waals surface area contributed by atoms with Crippen LogP contribution in [0.25, 0.3) is 49.6 Å². The van der Waals surface area contributed by atoms with Gasteiger partial charge in [-0.05, 0) is 84.7 Å². The van der Waals surface area contributed by atoms with Crippen LogP contribution in [0, 0.1) is 39.6 Å². The first-order chi connectivity index (χ1) is 26.6. The number of fused-ring (bicyclic) bond motifs is 7.